The first kappa shape index (κ1) is 18.1. The quantitative estimate of drug-likeness (QED) is 0.718. The zero-order valence-electron chi connectivity index (χ0n) is 16.1. The van der Waals surface area contributed by atoms with Crippen LogP contribution in [-0.2, 0) is 17.9 Å². The standard InChI is InChI=1S/C22H21N3O3S/c1-14-6-8-15(9-7-14)20-16(25-10-11-29-22(25)24-20)12-23-21(26)19-13-27-17-4-2-3-5-18(17)28-19/h2-9,19H,10-13H2,1H3,(H,23,26). The zero-order valence-corrected chi connectivity index (χ0v) is 16.9. The lowest BCUT2D eigenvalue weighted by atomic mass is 10.1. The van der Waals surface area contributed by atoms with Crippen molar-refractivity contribution in [3.8, 4) is 22.8 Å². The molecule has 1 atom stereocenters. The van der Waals surface area contributed by atoms with Crippen LogP contribution in [0.25, 0.3) is 11.3 Å². The zero-order chi connectivity index (χ0) is 19.8. The number of nitrogens with one attached hydrogen (secondary N) is 1. The van der Waals surface area contributed by atoms with Crippen molar-refractivity contribution in [1.29, 1.82) is 0 Å². The molecule has 1 amide bonds. The molecule has 0 saturated heterocycles. The van der Waals surface area contributed by atoms with Gasteiger partial charge in [-0.15, -0.1) is 0 Å². The Kier molecular flexibility index (Phi) is 4.67. The van der Waals surface area contributed by atoms with Crippen LogP contribution < -0.4 is 14.8 Å². The smallest absolute Gasteiger partial charge is 0.265 e. The molecular weight excluding hydrogens is 386 g/mol. The Labute approximate surface area is 173 Å². The number of nitrogens with zero attached hydrogens (tertiary/aromatic N) is 2. The van der Waals surface area contributed by atoms with Gasteiger partial charge < -0.3 is 19.4 Å². The summed E-state index contributed by atoms with van der Waals surface area (Å²) in [7, 11) is 0. The van der Waals surface area contributed by atoms with E-state index in [9.17, 15) is 4.79 Å². The highest BCUT2D eigenvalue weighted by Crippen LogP contribution is 2.34. The van der Waals surface area contributed by atoms with E-state index >= 15 is 0 Å². The molecular formula is C22H21N3O3S. The van der Waals surface area contributed by atoms with Crippen molar-refractivity contribution >= 4 is 17.7 Å². The average molecular weight is 407 g/mol. The summed E-state index contributed by atoms with van der Waals surface area (Å²) < 4.78 is 13.7. The van der Waals surface area contributed by atoms with Crippen LogP contribution in [0.5, 0.6) is 11.5 Å². The number of para-hydroxylation sites is 2. The van der Waals surface area contributed by atoms with Gasteiger partial charge in [0.05, 0.1) is 17.9 Å². The summed E-state index contributed by atoms with van der Waals surface area (Å²) in [5.74, 6) is 2.09. The number of rotatable bonds is 4. The van der Waals surface area contributed by atoms with Crippen molar-refractivity contribution < 1.29 is 14.3 Å². The highest BCUT2D eigenvalue weighted by Gasteiger charge is 2.28. The first-order chi connectivity index (χ1) is 14.2. The maximum atomic E-state index is 12.7. The van der Waals surface area contributed by atoms with Crippen molar-refractivity contribution in [3.63, 3.8) is 0 Å². The number of aromatic nitrogens is 2. The minimum Gasteiger partial charge on any atom is -0.485 e. The van der Waals surface area contributed by atoms with Gasteiger partial charge in [0.25, 0.3) is 5.91 Å². The van der Waals surface area contributed by atoms with Crippen molar-refractivity contribution in [3.05, 3.63) is 59.8 Å². The van der Waals surface area contributed by atoms with E-state index < -0.39 is 6.10 Å². The number of hydrogen-bond donors (Lipinski definition) is 1. The van der Waals surface area contributed by atoms with Gasteiger partial charge in [0.1, 0.15) is 6.61 Å². The van der Waals surface area contributed by atoms with Gasteiger partial charge in [-0.3, -0.25) is 4.79 Å². The number of hydrogen-bond acceptors (Lipinski definition) is 5. The Bertz CT molecular complexity index is 1060. The SMILES string of the molecule is Cc1ccc(-c2nc3n(c2CNC(=O)C2COc4ccccc4O2)CCS3)cc1. The monoisotopic (exact) mass is 407 g/mol. The number of ether oxygens (including phenoxy) is 2. The summed E-state index contributed by atoms with van der Waals surface area (Å²) in [5, 5.41) is 4.03. The highest BCUT2D eigenvalue weighted by molar-refractivity contribution is 7.99. The van der Waals surface area contributed by atoms with E-state index in [4.69, 9.17) is 14.5 Å². The third-order valence-electron chi connectivity index (χ3n) is 5.14. The van der Waals surface area contributed by atoms with Gasteiger partial charge in [-0.2, -0.15) is 0 Å². The molecule has 3 aromatic rings. The van der Waals surface area contributed by atoms with E-state index in [1.54, 1.807) is 11.8 Å². The van der Waals surface area contributed by atoms with Crippen molar-refractivity contribution in [2.45, 2.75) is 31.3 Å². The van der Waals surface area contributed by atoms with Crippen LogP contribution in [-0.4, -0.2) is 33.9 Å². The maximum Gasteiger partial charge on any atom is 0.265 e. The fourth-order valence-corrected chi connectivity index (χ4v) is 4.56. The number of carbonyl (C=O) groups is 1. The largest absolute Gasteiger partial charge is 0.485 e. The molecule has 1 N–H and O–H groups in total. The second-order valence-corrected chi connectivity index (χ2v) is 8.20. The van der Waals surface area contributed by atoms with Crippen molar-refractivity contribution in [2.75, 3.05) is 12.4 Å². The summed E-state index contributed by atoms with van der Waals surface area (Å²) in [6.07, 6.45) is -0.664. The van der Waals surface area contributed by atoms with Gasteiger partial charge in [-0.25, -0.2) is 4.98 Å². The molecule has 0 saturated carbocycles. The first-order valence-electron chi connectivity index (χ1n) is 9.64. The van der Waals surface area contributed by atoms with Crippen LogP contribution in [0.4, 0.5) is 0 Å². The summed E-state index contributed by atoms with van der Waals surface area (Å²) >= 11 is 1.75. The molecule has 2 aliphatic heterocycles. The van der Waals surface area contributed by atoms with Crippen LogP contribution in [0.3, 0.4) is 0 Å². The number of imidazole rings is 1. The number of aryl methyl sites for hydroxylation is 1. The number of benzene rings is 2. The molecule has 6 nitrogen and oxygen atoms in total. The number of thioether (sulfide) groups is 1. The number of fused-ring (bicyclic) bond motifs is 2. The molecule has 7 heteroatoms. The molecule has 0 fully saturated rings. The van der Waals surface area contributed by atoms with Crippen LogP contribution in [0.2, 0.25) is 0 Å². The third-order valence-corrected chi connectivity index (χ3v) is 6.10. The average Bonchev–Trinajstić information content (AvgIpc) is 3.34. The molecule has 148 valence electrons. The molecule has 1 unspecified atom stereocenters. The van der Waals surface area contributed by atoms with E-state index in [2.05, 4.69) is 41.1 Å². The van der Waals surface area contributed by atoms with Gasteiger partial charge >= 0.3 is 0 Å². The van der Waals surface area contributed by atoms with E-state index in [1.165, 1.54) is 5.56 Å². The van der Waals surface area contributed by atoms with Crippen LogP contribution >= 0.6 is 11.8 Å². The normalized spacial score (nSPS) is 17.1. The molecule has 2 aromatic carbocycles. The lowest BCUT2D eigenvalue weighted by Gasteiger charge is -2.25. The molecule has 3 heterocycles. The number of carbonyl (C=O) groups excluding carboxylic acids is 1. The molecule has 0 bridgehead atoms. The van der Waals surface area contributed by atoms with E-state index in [1.807, 2.05) is 24.3 Å². The minimum atomic E-state index is -0.664. The van der Waals surface area contributed by atoms with Gasteiger partial charge in [0.2, 0.25) is 6.10 Å². The van der Waals surface area contributed by atoms with Crippen molar-refractivity contribution in [2.24, 2.45) is 0 Å². The highest BCUT2D eigenvalue weighted by atomic mass is 32.2. The van der Waals surface area contributed by atoms with Gasteiger partial charge in [-0.05, 0) is 19.1 Å². The van der Waals surface area contributed by atoms with Crippen molar-refractivity contribution in [1.82, 2.24) is 14.9 Å². The fourth-order valence-electron chi connectivity index (χ4n) is 3.59. The van der Waals surface area contributed by atoms with Gasteiger partial charge in [0, 0.05) is 17.9 Å². The topological polar surface area (TPSA) is 65.4 Å². The lowest BCUT2D eigenvalue weighted by Crippen LogP contribution is -2.43. The minimum absolute atomic E-state index is 0.185. The van der Waals surface area contributed by atoms with E-state index in [0.29, 0.717) is 18.0 Å². The third kappa shape index (κ3) is 3.46. The first-order valence-corrected chi connectivity index (χ1v) is 10.6. The number of amides is 1. The lowest BCUT2D eigenvalue weighted by molar-refractivity contribution is -0.130. The Morgan fingerprint density at radius 3 is 2.83 bits per heavy atom. The summed E-state index contributed by atoms with van der Waals surface area (Å²) in [5.41, 5.74) is 4.23. The Morgan fingerprint density at radius 1 is 1.21 bits per heavy atom. The Hall–Kier alpha value is -2.93. The predicted octanol–water partition coefficient (Wildman–Crippen LogP) is 3.42. The summed E-state index contributed by atoms with van der Waals surface area (Å²) in [6.45, 7) is 3.57. The fraction of sp³-hybridized carbons (Fsp3) is 0.273. The molecule has 5 rings (SSSR count). The van der Waals surface area contributed by atoms with Crippen LogP contribution in [0.15, 0.2) is 53.7 Å². The van der Waals surface area contributed by atoms with E-state index in [-0.39, 0.29) is 12.5 Å². The molecule has 0 aliphatic carbocycles. The van der Waals surface area contributed by atoms with Crippen LogP contribution in [0, 0.1) is 6.92 Å². The molecule has 0 radical (unpaired) electrons. The second-order valence-electron chi connectivity index (χ2n) is 7.14. The molecule has 0 spiro atoms. The maximum absolute atomic E-state index is 12.7. The molecule has 1 aromatic heterocycles. The second kappa shape index (κ2) is 7.48. The van der Waals surface area contributed by atoms with Crippen LogP contribution in [0.1, 0.15) is 11.3 Å². The van der Waals surface area contributed by atoms with Gasteiger partial charge in [-0.1, -0.05) is 53.7 Å². The summed E-state index contributed by atoms with van der Waals surface area (Å²) in [4.78, 5) is 17.6. The Balaban J connectivity index is 1.34. The molecule has 2 aliphatic rings. The van der Waals surface area contributed by atoms with E-state index in [0.717, 1.165) is 34.4 Å². The summed E-state index contributed by atoms with van der Waals surface area (Å²) in [6, 6.07) is 15.7. The molecule has 29 heavy (non-hydrogen) atoms. The van der Waals surface area contributed by atoms with Gasteiger partial charge in [0.15, 0.2) is 16.7 Å². The predicted molar refractivity (Wildman–Crippen MR) is 111 cm³/mol. The Morgan fingerprint density at radius 2 is 2.00 bits per heavy atom.